The van der Waals surface area contributed by atoms with Crippen molar-refractivity contribution in [3.05, 3.63) is 35.4 Å². The smallest absolute Gasteiger partial charge is 0.319 e. The van der Waals surface area contributed by atoms with Crippen LogP contribution < -0.4 is 0 Å². The van der Waals surface area contributed by atoms with Crippen LogP contribution in [0.1, 0.15) is 5.56 Å². The van der Waals surface area contributed by atoms with E-state index in [1.807, 2.05) is 6.07 Å². The molecule has 0 fully saturated rings. The van der Waals surface area contributed by atoms with Crippen LogP contribution in [-0.4, -0.2) is 31.1 Å². The second-order valence-electron chi connectivity index (χ2n) is 3.59. The normalized spacial score (nSPS) is 10.2. The summed E-state index contributed by atoms with van der Waals surface area (Å²) in [4.78, 5) is 12.5. The Hall–Kier alpha value is -2.00. The van der Waals surface area contributed by atoms with E-state index in [0.29, 0.717) is 0 Å². The third kappa shape index (κ3) is 3.79. The quantitative estimate of drug-likeness (QED) is 0.589. The van der Waals surface area contributed by atoms with Crippen LogP contribution in [0.5, 0.6) is 0 Å². The molecule has 1 aromatic carbocycles. The first-order valence-electron chi connectivity index (χ1n) is 5.17. The monoisotopic (exact) mass is 254 g/mol. The molecule has 0 atom stereocenters. The number of esters is 1. The van der Waals surface area contributed by atoms with Gasteiger partial charge in [-0.2, -0.15) is 5.26 Å². The molecule has 1 aromatic rings. The molecule has 0 aliphatic carbocycles. The number of methoxy groups -OCH3 is 1. The highest BCUT2D eigenvalue weighted by molar-refractivity contribution is 5.71. The number of carbonyl (C=O) groups is 1. The summed E-state index contributed by atoms with van der Waals surface area (Å²) >= 11 is 0. The van der Waals surface area contributed by atoms with Crippen molar-refractivity contribution >= 4 is 5.97 Å². The number of ether oxygens (including phenoxy) is 1. The Kier molecular flexibility index (Phi) is 5.21. The molecule has 0 saturated heterocycles. The van der Waals surface area contributed by atoms with Gasteiger partial charge in [-0.25, -0.2) is 8.78 Å². The van der Waals surface area contributed by atoms with Gasteiger partial charge in [0.25, 0.3) is 0 Å². The highest BCUT2D eigenvalue weighted by Gasteiger charge is 2.15. The highest BCUT2D eigenvalue weighted by Crippen LogP contribution is 2.13. The number of rotatable bonds is 5. The van der Waals surface area contributed by atoms with Gasteiger partial charge in [0, 0.05) is 12.1 Å². The van der Waals surface area contributed by atoms with Crippen LogP contribution in [0.4, 0.5) is 8.78 Å². The van der Waals surface area contributed by atoms with E-state index in [1.54, 1.807) is 0 Å². The maximum atomic E-state index is 13.4. The molecule has 0 unspecified atom stereocenters. The molecule has 0 spiro atoms. The zero-order chi connectivity index (χ0) is 13.5. The van der Waals surface area contributed by atoms with Crippen molar-refractivity contribution in [1.29, 1.82) is 5.26 Å². The predicted octanol–water partition coefficient (Wildman–Crippen LogP) is 1.46. The fraction of sp³-hybridized carbons (Fsp3) is 0.333. The van der Waals surface area contributed by atoms with Gasteiger partial charge in [0.05, 0.1) is 26.3 Å². The van der Waals surface area contributed by atoms with E-state index in [1.165, 1.54) is 24.1 Å². The summed E-state index contributed by atoms with van der Waals surface area (Å²) in [7, 11) is 1.22. The Labute approximate surface area is 103 Å². The molecule has 18 heavy (non-hydrogen) atoms. The fourth-order valence-corrected chi connectivity index (χ4v) is 1.43. The maximum Gasteiger partial charge on any atom is 0.319 e. The van der Waals surface area contributed by atoms with Gasteiger partial charge in [-0.15, -0.1) is 0 Å². The summed E-state index contributed by atoms with van der Waals surface area (Å²) in [5.41, 5.74) is 0.0918. The highest BCUT2D eigenvalue weighted by atomic mass is 19.2. The Morgan fingerprint density at radius 1 is 1.50 bits per heavy atom. The number of hydrogen-bond acceptors (Lipinski definition) is 4. The lowest BCUT2D eigenvalue weighted by atomic mass is 10.2. The summed E-state index contributed by atoms with van der Waals surface area (Å²) < 4.78 is 30.9. The lowest BCUT2D eigenvalue weighted by Gasteiger charge is -2.17. The van der Waals surface area contributed by atoms with Crippen molar-refractivity contribution in [2.45, 2.75) is 6.54 Å². The Morgan fingerprint density at radius 3 is 2.83 bits per heavy atom. The number of benzene rings is 1. The van der Waals surface area contributed by atoms with Gasteiger partial charge in [0.1, 0.15) is 0 Å². The minimum atomic E-state index is -0.967. The average molecular weight is 254 g/mol. The number of halogens is 2. The summed E-state index contributed by atoms with van der Waals surface area (Å²) in [6, 6.07) is 5.64. The second-order valence-corrected chi connectivity index (χ2v) is 3.59. The number of hydrogen-bond donors (Lipinski definition) is 0. The molecule has 4 nitrogen and oxygen atoms in total. The predicted molar refractivity (Wildman–Crippen MR) is 59.3 cm³/mol. The van der Waals surface area contributed by atoms with Gasteiger partial charge in [-0.05, 0) is 6.07 Å². The van der Waals surface area contributed by atoms with Crippen molar-refractivity contribution in [2.24, 2.45) is 0 Å². The van der Waals surface area contributed by atoms with E-state index in [4.69, 9.17) is 5.26 Å². The van der Waals surface area contributed by atoms with E-state index in [0.717, 1.165) is 6.07 Å². The third-order valence-corrected chi connectivity index (χ3v) is 2.30. The molecule has 0 aromatic heterocycles. The molecule has 6 heteroatoms. The van der Waals surface area contributed by atoms with E-state index in [-0.39, 0.29) is 25.2 Å². The first-order valence-corrected chi connectivity index (χ1v) is 5.17. The minimum Gasteiger partial charge on any atom is -0.468 e. The van der Waals surface area contributed by atoms with Crippen LogP contribution in [0, 0.1) is 23.0 Å². The van der Waals surface area contributed by atoms with E-state index < -0.39 is 17.6 Å². The first kappa shape index (κ1) is 14.1. The van der Waals surface area contributed by atoms with Crippen molar-refractivity contribution in [1.82, 2.24) is 4.90 Å². The number of nitriles is 1. The van der Waals surface area contributed by atoms with Gasteiger partial charge in [0.15, 0.2) is 11.6 Å². The Bertz CT molecular complexity index is 472. The van der Waals surface area contributed by atoms with Crippen LogP contribution in [-0.2, 0) is 16.1 Å². The summed E-state index contributed by atoms with van der Waals surface area (Å²) in [6.45, 7) is -0.267. The van der Waals surface area contributed by atoms with Gasteiger partial charge in [0.2, 0.25) is 0 Å². The Morgan fingerprint density at radius 2 is 2.22 bits per heavy atom. The molecule has 0 heterocycles. The molecule has 0 radical (unpaired) electrons. The van der Waals surface area contributed by atoms with E-state index >= 15 is 0 Å². The SMILES string of the molecule is COC(=O)CN(CC#N)Cc1cccc(F)c1F. The molecule has 0 bridgehead atoms. The zero-order valence-electron chi connectivity index (χ0n) is 9.82. The third-order valence-electron chi connectivity index (χ3n) is 2.30. The van der Waals surface area contributed by atoms with Gasteiger partial charge >= 0.3 is 5.97 Å². The van der Waals surface area contributed by atoms with Crippen LogP contribution in [0.25, 0.3) is 0 Å². The molecule has 96 valence electrons. The zero-order valence-corrected chi connectivity index (χ0v) is 9.82. The molecule has 1 rings (SSSR count). The second kappa shape index (κ2) is 6.67. The van der Waals surface area contributed by atoms with Crippen LogP contribution >= 0.6 is 0 Å². The molecule has 0 saturated carbocycles. The average Bonchev–Trinajstić information content (AvgIpc) is 2.35. The first-order chi connectivity index (χ1) is 8.58. The van der Waals surface area contributed by atoms with Crippen LogP contribution in [0.15, 0.2) is 18.2 Å². The number of nitrogens with zero attached hydrogens (tertiary/aromatic N) is 2. The molecular weight excluding hydrogens is 242 g/mol. The van der Waals surface area contributed by atoms with Gasteiger partial charge in [-0.3, -0.25) is 9.69 Å². The van der Waals surface area contributed by atoms with Gasteiger partial charge in [-0.1, -0.05) is 12.1 Å². The lowest BCUT2D eigenvalue weighted by molar-refractivity contribution is -0.141. The maximum absolute atomic E-state index is 13.4. The lowest BCUT2D eigenvalue weighted by Crippen LogP contribution is -2.31. The van der Waals surface area contributed by atoms with Crippen molar-refractivity contribution in [3.8, 4) is 6.07 Å². The summed E-state index contributed by atoms with van der Waals surface area (Å²) in [5, 5.41) is 8.61. The molecular formula is C12H12F2N2O2. The van der Waals surface area contributed by atoms with E-state index in [2.05, 4.69) is 4.74 Å². The summed E-state index contributed by atoms with van der Waals surface area (Å²) in [6.07, 6.45) is 0. The van der Waals surface area contributed by atoms with Crippen LogP contribution in [0.3, 0.4) is 0 Å². The minimum absolute atomic E-state index is 0.0355. The fourth-order valence-electron chi connectivity index (χ4n) is 1.43. The van der Waals surface area contributed by atoms with Gasteiger partial charge < -0.3 is 4.74 Å². The van der Waals surface area contributed by atoms with E-state index in [9.17, 15) is 13.6 Å². The summed E-state index contributed by atoms with van der Waals surface area (Å²) in [5.74, 6) is -2.46. The standard InChI is InChI=1S/C12H12F2N2O2/c1-18-11(17)8-16(6-5-15)7-9-3-2-4-10(13)12(9)14/h2-4H,6-8H2,1H3. The molecule has 0 N–H and O–H groups in total. The molecule has 0 amide bonds. The van der Waals surface area contributed by atoms with Crippen molar-refractivity contribution in [2.75, 3.05) is 20.2 Å². The Balaban J connectivity index is 2.80. The molecule has 0 aliphatic rings. The van der Waals surface area contributed by atoms with Crippen molar-refractivity contribution < 1.29 is 18.3 Å². The number of carbonyl (C=O) groups excluding carboxylic acids is 1. The largest absolute Gasteiger partial charge is 0.468 e. The topological polar surface area (TPSA) is 53.3 Å². The van der Waals surface area contributed by atoms with Crippen LogP contribution in [0.2, 0.25) is 0 Å². The molecule has 0 aliphatic heterocycles. The van der Waals surface area contributed by atoms with Crippen molar-refractivity contribution in [3.63, 3.8) is 0 Å².